The van der Waals surface area contributed by atoms with Crippen LogP contribution in [0.4, 0.5) is 4.39 Å². The molecule has 2 atom stereocenters. The SMILES string of the molecule is CC[NH+]1CC[NH+]([C@@H](c2cccs2)[C@H](C)NS(=O)(=O)c2ccc(F)cc2)CC1. The summed E-state index contributed by atoms with van der Waals surface area (Å²) in [6.45, 7) is 9.51. The Bertz CT molecular complexity index is 817. The Morgan fingerprint density at radius 2 is 1.81 bits per heavy atom. The van der Waals surface area contributed by atoms with Gasteiger partial charge in [0.05, 0.1) is 22.4 Å². The molecule has 1 saturated heterocycles. The molecule has 1 fully saturated rings. The van der Waals surface area contributed by atoms with E-state index in [1.807, 2.05) is 18.4 Å². The highest BCUT2D eigenvalue weighted by molar-refractivity contribution is 7.89. The smallest absolute Gasteiger partial charge is 0.241 e. The van der Waals surface area contributed by atoms with Crippen LogP contribution in [0.2, 0.25) is 0 Å². The van der Waals surface area contributed by atoms with Gasteiger partial charge < -0.3 is 9.80 Å². The topological polar surface area (TPSA) is 55.1 Å². The molecule has 0 saturated carbocycles. The van der Waals surface area contributed by atoms with Crippen molar-refractivity contribution in [2.45, 2.75) is 30.8 Å². The Balaban J connectivity index is 1.79. The van der Waals surface area contributed by atoms with Gasteiger partial charge in [-0.3, -0.25) is 0 Å². The summed E-state index contributed by atoms with van der Waals surface area (Å²) in [6, 6.07) is 8.87. The summed E-state index contributed by atoms with van der Waals surface area (Å²) >= 11 is 1.67. The van der Waals surface area contributed by atoms with Crippen LogP contribution in [0, 0.1) is 5.82 Å². The number of halogens is 1. The van der Waals surface area contributed by atoms with Crippen molar-refractivity contribution in [2.24, 2.45) is 0 Å². The Kier molecular flexibility index (Phi) is 6.65. The summed E-state index contributed by atoms with van der Waals surface area (Å²) < 4.78 is 41.5. The van der Waals surface area contributed by atoms with Gasteiger partial charge in [-0.15, -0.1) is 11.3 Å². The third kappa shape index (κ3) is 4.94. The summed E-state index contributed by atoms with van der Waals surface area (Å²) in [5.74, 6) is -0.445. The van der Waals surface area contributed by atoms with Crippen LogP contribution in [-0.2, 0) is 10.0 Å². The molecule has 0 spiro atoms. The van der Waals surface area contributed by atoms with Crippen LogP contribution >= 0.6 is 11.3 Å². The van der Waals surface area contributed by atoms with Crippen LogP contribution < -0.4 is 14.5 Å². The van der Waals surface area contributed by atoms with Gasteiger partial charge in [0.15, 0.2) is 0 Å². The van der Waals surface area contributed by atoms with Crippen LogP contribution in [0.3, 0.4) is 0 Å². The van der Waals surface area contributed by atoms with Crippen molar-refractivity contribution in [3.8, 4) is 0 Å². The summed E-state index contributed by atoms with van der Waals surface area (Å²) in [5, 5.41) is 2.04. The zero-order valence-corrected chi connectivity index (χ0v) is 17.4. The first-order valence-electron chi connectivity index (χ1n) is 9.40. The van der Waals surface area contributed by atoms with Gasteiger partial charge in [-0.1, -0.05) is 6.07 Å². The number of hydrogen-bond donors (Lipinski definition) is 3. The Labute approximate surface area is 164 Å². The van der Waals surface area contributed by atoms with E-state index in [1.165, 1.54) is 34.0 Å². The second-order valence-corrected chi connectivity index (χ2v) is 9.81. The highest BCUT2D eigenvalue weighted by atomic mass is 32.2. The van der Waals surface area contributed by atoms with Crippen LogP contribution in [0.5, 0.6) is 0 Å². The average molecular weight is 414 g/mol. The molecule has 0 aliphatic carbocycles. The molecule has 0 bridgehead atoms. The Morgan fingerprint density at radius 3 is 2.37 bits per heavy atom. The lowest BCUT2D eigenvalue weighted by Crippen LogP contribution is -3.28. The van der Waals surface area contributed by atoms with Crippen molar-refractivity contribution in [3.05, 3.63) is 52.5 Å². The number of likely N-dealkylation sites (N-methyl/N-ethyl adjacent to an activating group) is 1. The third-order valence-corrected chi connectivity index (χ3v) is 7.88. The first-order valence-corrected chi connectivity index (χ1v) is 11.8. The normalized spacial score (nSPS) is 23.1. The van der Waals surface area contributed by atoms with Crippen LogP contribution in [-0.4, -0.2) is 47.2 Å². The number of benzene rings is 1. The molecule has 1 aromatic heterocycles. The minimum Gasteiger partial charge on any atom is -0.326 e. The minimum absolute atomic E-state index is 0.0682. The van der Waals surface area contributed by atoms with Gasteiger partial charge in [0.2, 0.25) is 10.0 Å². The molecule has 3 N–H and O–H groups in total. The first kappa shape index (κ1) is 20.4. The summed E-state index contributed by atoms with van der Waals surface area (Å²) in [6.07, 6.45) is 0. The molecule has 2 aromatic rings. The Hall–Kier alpha value is -1.32. The molecular formula is C19H28FN3O2S2+2. The zero-order valence-electron chi connectivity index (χ0n) is 15.7. The number of rotatable bonds is 7. The van der Waals surface area contributed by atoms with E-state index >= 15 is 0 Å². The fourth-order valence-electron chi connectivity index (χ4n) is 3.85. The van der Waals surface area contributed by atoms with Crippen LogP contribution in [0.25, 0.3) is 0 Å². The Morgan fingerprint density at radius 1 is 1.15 bits per heavy atom. The summed E-state index contributed by atoms with van der Waals surface area (Å²) in [7, 11) is -3.70. The first-order chi connectivity index (χ1) is 12.9. The number of hydrogen-bond acceptors (Lipinski definition) is 3. The van der Waals surface area contributed by atoms with Gasteiger partial charge in [0, 0.05) is 0 Å². The van der Waals surface area contributed by atoms with E-state index in [4.69, 9.17) is 0 Å². The van der Waals surface area contributed by atoms with Gasteiger partial charge in [0.25, 0.3) is 0 Å². The van der Waals surface area contributed by atoms with Gasteiger partial charge in [0.1, 0.15) is 38.0 Å². The largest absolute Gasteiger partial charge is 0.326 e. The predicted molar refractivity (Wildman–Crippen MR) is 105 cm³/mol. The molecule has 0 radical (unpaired) electrons. The fourth-order valence-corrected chi connectivity index (χ4v) is 6.10. The number of nitrogens with one attached hydrogen (secondary N) is 3. The van der Waals surface area contributed by atoms with Crippen molar-refractivity contribution in [2.75, 3.05) is 32.7 Å². The van der Waals surface area contributed by atoms with Gasteiger partial charge in [-0.2, -0.15) is 0 Å². The maximum atomic E-state index is 13.1. The van der Waals surface area contributed by atoms with E-state index in [0.29, 0.717) is 0 Å². The van der Waals surface area contributed by atoms with Crippen molar-refractivity contribution in [1.82, 2.24) is 4.72 Å². The standard InChI is InChI=1S/C19H26FN3O2S2/c1-3-22-10-12-23(13-11-22)19(18-5-4-14-26-18)15(2)21-27(24,25)17-8-6-16(20)7-9-17/h4-9,14-15,19,21H,3,10-13H2,1-2H3/p+2/t15-,19+/m0/s1. The van der Waals surface area contributed by atoms with Crippen LogP contribution in [0.15, 0.2) is 46.7 Å². The molecule has 2 heterocycles. The molecule has 0 amide bonds. The van der Waals surface area contributed by atoms with Gasteiger partial charge >= 0.3 is 0 Å². The van der Waals surface area contributed by atoms with Crippen molar-refractivity contribution in [1.29, 1.82) is 0 Å². The van der Waals surface area contributed by atoms with E-state index in [0.717, 1.165) is 32.7 Å². The maximum absolute atomic E-state index is 13.1. The van der Waals surface area contributed by atoms with Gasteiger partial charge in [-0.05, 0) is 49.6 Å². The fraction of sp³-hybridized carbons (Fsp3) is 0.474. The molecule has 3 rings (SSSR count). The van der Waals surface area contributed by atoms with E-state index in [2.05, 4.69) is 17.7 Å². The van der Waals surface area contributed by atoms with Crippen molar-refractivity contribution >= 4 is 21.4 Å². The lowest BCUT2D eigenvalue weighted by Gasteiger charge is -2.36. The lowest BCUT2D eigenvalue weighted by atomic mass is 10.1. The van der Waals surface area contributed by atoms with Crippen molar-refractivity contribution in [3.63, 3.8) is 0 Å². The van der Waals surface area contributed by atoms with E-state index in [-0.39, 0.29) is 17.0 Å². The molecule has 1 aromatic carbocycles. The summed E-state index contributed by atoms with van der Waals surface area (Å²) in [5.41, 5.74) is 0. The monoisotopic (exact) mass is 413 g/mol. The highest BCUT2D eigenvalue weighted by Crippen LogP contribution is 2.21. The lowest BCUT2D eigenvalue weighted by molar-refractivity contribution is -1.03. The quantitative estimate of drug-likeness (QED) is 0.603. The molecule has 5 nitrogen and oxygen atoms in total. The molecule has 1 aliphatic heterocycles. The zero-order chi connectivity index (χ0) is 19.4. The number of thiophene rings is 1. The molecule has 1 aliphatic rings. The molecule has 0 unspecified atom stereocenters. The number of piperazine rings is 1. The van der Waals surface area contributed by atoms with Crippen LogP contribution in [0.1, 0.15) is 24.8 Å². The van der Waals surface area contributed by atoms with Gasteiger partial charge in [-0.25, -0.2) is 17.5 Å². The molecular weight excluding hydrogens is 385 g/mol. The number of quaternary nitrogens is 2. The number of sulfonamides is 1. The highest BCUT2D eigenvalue weighted by Gasteiger charge is 2.36. The summed E-state index contributed by atoms with van der Waals surface area (Å²) in [4.78, 5) is 4.31. The third-order valence-electron chi connectivity index (χ3n) is 5.35. The second kappa shape index (κ2) is 8.79. The van der Waals surface area contributed by atoms with E-state index < -0.39 is 15.8 Å². The molecule has 27 heavy (non-hydrogen) atoms. The average Bonchev–Trinajstić information content (AvgIpc) is 3.16. The van der Waals surface area contributed by atoms with E-state index in [9.17, 15) is 12.8 Å². The predicted octanol–water partition coefficient (Wildman–Crippen LogP) is 0.0986. The minimum atomic E-state index is -3.70. The maximum Gasteiger partial charge on any atom is 0.241 e. The van der Waals surface area contributed by atoms with Crippen molar-refractivity contribution < 1.29 is 22.6 Å². The van der Waals surface area contributed by atoms with E-state index in [1.54, 1.807) is 16.2 Å². The second-order valence-electron chi connectivity index (χ2n) is 7.12. The molecule has 148 valence electrons. The molecule has 8 heteroatoms.